The Hall–Kier alpha value is -1.32. The summed E-state index contributed by atoms with van der Waals surface area (Å²) >= 11 is 6.01. The van der Waals surface area contributed by atoms with Crippen LogP contribution in [0.25, 0.3) is 5.57 Å². The summed E-state index contributed by atoms with van der Waals surface area (Å²) in [5, 5.41) is 11.0. The second kappa shape index (κ2) is 7.80. The fourth-order valence-corrected chi connectivity index (χ4v) is 3.20. The van der Waals surface area contributed by atoms with Crippen LogP contribution in [0.5, 0.6) is 0 Å². The molecule has 0 radical (unpaired) electrons. The maximum Gasteiger partial charge on any atom is 0.337 e. The molecule has 3 nitrogen and oxygen atoms in total. The minimum Gasteiger partial charge on any atom is -0.466 e. The van der Waals surface area contributed by atoms with Crippen molar-refractivity contribution in [2.75, 3.05) is 7.11 Å². The Kier molecular flexibility index (Phi) is 6.04. The molecule has 0 spiro atoms. The molecule has 1 aromatic carbocycles. The SMILES string of the molecule is CCCCCCCC1=C(C(=O)OC)C(O)c2cc(Cl)ccc21. The van der Waals surface area contributed by atoms with E-state index in [0.717, 1.165) is 30.4 Å². The molecule has 120 valence electrons. The van der Waals surface area contributed by atoms with Crippen LogP contribution in [0.15, 0.2) is 23.8 Å². The summed E-state index contributed by atoms with van der Waals surface area (Å²) in [4.78, 5) is 12.1. The largest absolute Gasteiger partial charge is 0.466 e. The molecule has 2 rings (SSSR count). The molecule has 4 heteroatoms. The number of carbonyl (C=O) groups is 1. The van der Waals surface area contributed by atoms with Gasteiger partial charge in [-0.15, -0.1) is 0 Å². The molecule has 0 saturated heterocycles. The average Bonchev–Trinajstić information content (AvgIpc) is 2.78. The molecule has 0 heterocycles. The Balaban J connectivity index is 2.23. The number of allylic oxidation sites excluding steroid dienone is 1. The molecule has 0 amide bonds. The van der Waals surface area contributed by atoms with Crippen LogP contribution < -0.4 is 0 Å². The highest BCUT2D eigenvalue weighted by Gasteiger charge is 2.34. The van der Waals surface area contributed by atoms with Gasteiger partial charge >= 0.3 is 5.97 Å². The Morgan fingerprint density at radius 3 is 2.68 bits per heavy atom. The normalized spacial score (nSPS) is 16.8. The molecule has 1 atom stereocenters. The van der Waals surface area contributed by atoms with Crippen molar-refractivity contribution in [3.8, 4) is 0 Å². The lowest BCUT2D eigenvalue weighted by atomic mass is 9.98. The highest BCUT2D eigenvalue weighted by molar-refractivity contribution is 6.30. The van der Waals surface area contributed by atoms with E-state index in [0.29, 0.717) is 16.2 Å². The Morgan fingerprint density at radius 2 is 2.00 bits per heavy atom. The number of fused-ring (bicyclic) bond motifs is 1. The molecule has 1 aromatic rings. The summed E-state index contributed by atoms with van der Waals surface area (Å²) in [5.41, 5.74) is 2.90. The van der Waals surface area contributed by atoms with Crippen LogP contribution in [0, 0.1) is 0 Å². The predicted molar refractivity (Wildman–Crippen MR) is 88.7 cm³/mol. The summed E-state index contributed by atoms with van der Waals surface area (Å²) in [6.07, 6.45) is 5.61. The number of unbranched alkanes of at least 4 members (excludes halogenated alkanes) is 4. The van der Waals surface area contributed by atoms with Gasteiger partial charge in [-0.1, -0.05) is 50.3 Å². The standard InChI is InChI=1S/C18H23ClO3/c1-3-4-5-6-7-8-14-13-10-9-12(19)11-15(13)17(20)16(14)18(21)22-2/h9-11,17,20H,3-8H2,1-2H3. The fraction of sp³-hybridized carbons (Fsp3) is 0.500. The third-order valence-corrected chi connectivity index (χ3v) is 4.40. The quantitative estimate of drug-likeness (QED) is 0.586. The molecule has 1 N–H and O–H groups in total. The van der Waals surface area contributed by atoms with Crippen LogP contribution in [-0.2, 0) is 9.53 Å². The van der Waals surface area contributed by atoms with Gasteiger partial charge in [0, 0.05) is 5.02 Å². The van der Waals surface area contributed by atoms with Crippen molar-refractivity contribution < 1.29 is 14.6 Å². The smallest absolute Gasteiger partial charge is 0.337 e. The monoisotopic (exact) mass is 322 g/mol. The number of aliphatic hydroxyl groups excluding tert-OH is 1. The number of methoxy groups -OCH3 is 1. The maximum absolute atomic E-state index is 12.1. The van der Waals surface area contributed by atoms with E-state index in [1.54, 1.807) is 12.1 Å². The molecule has 22 heavy (non-hydrogen) atoms. The lowest BCUT2D eigenvalue weighted by molar-refractivity contribution is -0.137. The van der Waals surface area contributed by atoms with Crippen molar-refractivity contribution >= 4 is 23.1 Å². The number of esters is 1. The number of halogens is 1. The Labute approximate surface area is 136 Å². The van der Waals surface area contributed by atoms with E-state index in [4.69, 9.17) is 16.3 Å². The Morgan fingerprint density at radius 1 is 1.27 bits per heavy atom. The van der Waals surface area contributed by atoms with Crippen molar-refractivity contribution in [3.05, 3.63) is 39.9 Å². The predicted octanol–water partition coefficient (Wildman–Crippen LogP) is 4.67. The number of aliphatic hydroxyl groups is 1. The second-order valence-electron chi connectivity index (χ2n) is 5.68. The van der Waals surface area contributed by atoms with Crippen LogP contribution in [0.3, 0.4) is 0 Å². The first-order valence-corrected chi connectivity index (χ1v) is 8.27. The molecule has 0 fully saturated rings. The second-order valence-corrected chi connectivity index (χ2v) is 6.12. The molecule has 1 aliphatic carbocycles. The summed E-state index contributed by atoms with van der Waals surface area (Å²) in [5.74, 6) is -0.455. The molecule has 0 aliphatic heterocycles. The maximum atomic E-state index is 12.1. The van der Waals surface area contributed by atoms with Gasteiger partial charge in [-0.05, 0) is 41.7 Å². The lowest BCUT2D eigenvalue weighted by Crippen LogP contribution is -2.10. The zero-order chi connectivity index (χ0) is 16.1. The van der Waals surface area contributed by atoms with Gasteiger partial charge in [-0.3, -0.25) is 0 Å². The highest BCUT2D eigenvalue weighted by atomic mass is 35.5. The minimum absolute atomic E-state index is 0.371. The average molecular weight is 323 g/mol. The van der Waals surface area contributed by atoms with Crippen LogP contribution >= 0.6 is 11.6 Å². The van der Waals surface area contributed by atoms with Crippen molar-refractivity contribution in [3.63, 3.8) is 0 Å². The molecule has 0 saturated carbocycles. The van der Waals surface area contributed by atoms with Gasteiger partial charge < -0.3 is 9.84 Å². The zero-order valence-electron chi connectivity index (χ0n) is 13.2. The number of benzene rings is 1. The lowest BCUT2D eigenvalue weighted by Gasteiger charge is -2.09. The molecule has 0 aromatic heterocycles. The summed E-state index contributed by atoms with van der Waals surface area (Å²) in [6, 6.07) is 5.41. The third kappa shape index (κ3) is 3.53. The first-order valence-electron chi connectivity index (χ1n) is 7.89. The number of carbonyl (C=O) groups excluding carboxylic acids is 1. The number of rotatable bonds is 7. The van der Waals surface area contributed by atoms with E-state index >= 15 is 0 Å². The number of ether oxygens (including phenoxy) is 1. The topological polar surface area (TPSA) is 46.5 Å². The molecule has 1 aliphatic rings. The molecule has 0 bridgehead atoms. The van der Waals surface area contributed by atoms with Gasteiger partial charge in [0.2, 0.25) is 0 Å². The van der Waals surface area contributed by atoms with Gasteiger partial charge in [0.1, 0.15) is 6.10 Å². The van der Waals surface area contributed by atoms with E-state index < -0.39 is 12.1 Å². The first-order chi connectivity index (χ1) is 10.6. The van der Waals surface area contributed by atoms with Crippen LogP contribution in [0.1, 0.15) is 62.7 Å². The third-order valence-electron chi connectivity index (χ3n) is 4.17. The van der Waals surface area contributed by atoms with E-state index in [1.807, 2.05) is 6.07 Å². The van der Waals surface area contributed by atoms with Gasteiger partial charge in [-0.2, -0.15) is 0 Å². The van der Waals surface area contributed by atoms with Crippen molar-refractivity contribution in [1.82, 2.24) is 0 Å². The number of hydrogen-bond donors (Lipinski definition) is 1. The van der Waals surface area contributed by atoms with E-state index in [-0.39, 0.29) is 0 Å². The van der Waals surface area contributed by atoms with Gasteiger partial charge in [0.15, 0.2) is 0 Å². The van der Waals surface area contributed by atoms with Crippen molar-refractivity contribution in [2.24, 2.45) is 0 Å². The van der Waals surface area contributed by atoms with E-state index in [1.165, 1.54) is 26.4 Å². The van der Waals surface area contributed by atoms with Gasteiger partial charge in [0.05, 0.1) is 12.7 Å². The van der Waals surface area contributed by atoms with Crippen LogP contribution in [0.4, 0.5) is 0 Å². The Bertz CT molecular complexity index is 578. The van der Waals surface area contributed by atoms with E-state index in [9.17, 15) is 9.90 Å². The summed E-state index contributed by atoms with van der Waals surface area (Å²) in [7, 11) is 1.34. The van der Waals surface area contributed by atoms with Crippen LogP contribution in [0.2, 0.25) is 5.02 Å². The van der Waals surface area contributed by atoms with Crippen molar-refractivity contribution in [1.29, 1.82) is 0 Å². The summed E-state index contributed by atoms with van der Waals surface area (Å²) in [6.45, 7) is 2.19. The van der Waals surface area contributed by atoms with Crippen LogP contribution in [-0.4, -0.2) is 18.2 Å². The number of hydrogen-bond acceptors (Lipinski definition) is 3. The van der Waals surface area contributed by atoms with Crippen molar-refractivity contribution in [2.45, 2.75) is 51.6 Å². The fourth-order valence-electron chi connectivity index (χ4n) is 3.02. The van der Waals surface area contributed by atoms with Gasteiger partial charge in [-0.25, -0.2) is 4.79 Å². The molecular weight excluding hydrogens is 300 g/mol. The zero-order valence-corrected chi connectivity index (χ0v) is 13.9. The van der Waals surface area contributed by atoms with E-state index in [2.05, 4.69) is 6.92 Å². The molecular formula is C18H23ClO3. The minimum atomic E-state index is -0.938. The molecule has 1 unspecified atom stereocenters. The van der Waals surface area contributed by atoms with Gasteiger partial charge in [0.25, 0.3) is 0 Å². The highest BCUT2D eigenvalue weighted by Crippen LogP contribution is 2.44. The first kappa shape index (κ1) is 17.0. The summed E-state index contributed by atoms with van der Waals surface area (Å²) < 4.78 is 4.85.